The maximum atomic E-state index is 12.3. The van der Waals surface area contributed by atoms with Gasteiger partial charge in [0.15, 0.2) is 11.5 Å². The molecular weight excluding hydrogens is 272 g/mol. The van der Waals surface area contributed by atoms with Crippen LogP contribution in [-0.2, 0) is 16.1 Å². The molecule has 1 aromatic rings. The zero-order valence-electron chi connectivity index (χ0n) is 12.7. The third-order valence-corrected chi connectivity index (χ3v) is 3.43. The summed E-state index contributed by atoms with van der Waals surface area (Å²) in [5.41, 5.74) is 0.0119. The maximum Gasteiger partial charge on any atom is 0.248 e. The molecule has 0 aromatic heterocycles. The highest BCUT2D eigenvalue weighted by Crippen LogP contribution is 2.28. The fourth-order valence-electron chi connectivity index (χ4n) is 2.41. The van der Waals surface area contributed by atoms with Crippen LogP contribution in [0, 0.1) is 0 Å². The molecule has 114 valence electrons. The average Bonchev–Trinajstić information content (AvgIpc) is 2.43. The summed E-state index contributed by atoms with van der Waals surface area (Å²) >= 11 is 0. The van der Waals surface area contributed by atoms with Crippen molar-refractivity contribution >= 4 is 11.8 Å². The number of rotatable bonds is 4. The number of ether oxygens (including phenoxy) is 2. The lowest BCUT2D eigenvalue weighted by atomic mass is 10.00. The summed E-state index contributed by atoms with van der Waals surface area (Å²) in [6.45, 7) is 3.83. The lowest BCUT2D eigenvalue weighted by Crippen LogP contribution is -2.63. The van der Waals surface area contributed by atoms with Gasteiger partial charge in [-0.3, -0.25) is 9.59 Å². The SMILES string of the molecule is COc1ccc(CN2CC(=O)NC(C)(C)C2=O)cc1OC. The molecule has 21 heavy (non-hydrogen) atoms. The number of hydrogen-bond donors (Lipinski definition) is 1. The Morgan fingerprint density at radius 2 is 1.86 bits per heavy atom. The monoisotopic (exact) mass is 292 g/mol. The van der Waals surface area contributed by atoms with Crippen LogP contribution in [0.4, 0.5) is 0 Å². The number of nitrogens with zero attached hydrogens (tertiary/aromatic N) is 1. The lowest BCUT2D eigenvalue weighted by Gasteiger charge is -2.37. The van der Waals surface area contributed by atoms with Gasteiger partial charge in [0.2, 0.25) is 11.8 Å². The predicted molar refractivity (Wildman–Crippen MR) is 77.2 cm³/mol. The molecule has 2 amide bonds. The summed E-state index contributed by atoms with van der Waals surface area (Å²) in [5, 5.41) is 2.69. The van der Waals surface area contributed by atoms with Crippen LogP contribution in [0.3, 0.4) is 0 Å². The van der Waals surface area contributed by atoms with E-state index in [1.807, 2.05) is 12.1 Å². The van der Waals surface area contributed by atoms with Gasteiger partial charge < -0.3 is 19.7 Å². The second-order valence-electron chi connectivity index (χ2n) is 5.52. The highest BCUT2D eigenvalue weighted by atomic mass is 16.5. The number of methoxy groups -OCH3 is 2. The number of nitrogens with one attached hydrogen (secondary N) is 1. The normalized spacial score (nSPS) is 17.4. The van der Waals surface area contributed by atoms with Crippen LogP contribution in [-0.4, -0.2) is 43.0 Å². The van der Waals surface area contributed by atoms with E-state index >= 15 is 0 Å². The Hall–Kier alpha value is -2.24. The summed E-state index contributed by atoms with van der Waals surface area (Å²) in [5.74, 6) is 0.976. The number of amides is 2. The first-order chi connectivity index (χ1) is 9.87. The van der Waals surface area contributed by atoms with E-state index < -0.39 is 5.54 Å². The van der Waals surface area contributed by atoms with Crippen molar-refractivity contribution in [3.8, 4) is 11.5 Å². The molecule has 0 aliphatic carbocycles. The summed E-state index contributed by atoms with van der Waals surface area (Å²) < 4.78 is 10.4. The van der Waals surface area contributed by atoms with E-state index in [1.165, 1.54) is 0 Å². The molecule has 1 aliphatic heterocycles. The standard InChI is InChI=1S/C15H20N2O4/c1-15(2)14(19)17(9-13(18)16-15)8-10-5-6-11(20-3)12(7-10)21-4/h5-7H,8-9H2,1-4H3,(H,16,18). The van der Waals surface area contributed by atoms with Crippen molar-refractivity contribution in [3.05, 3.63) is 23.8 Å². The Balaban J connectivity index is 2.21. The number of piperazine rings is 1. The van der Waals surface area contributed by atoms with Gasteiger partial charge in [-0.25, -0.2) is 0 Å². The van der Waals surface area contributed by atoms with E-state index in [9.17, 15) is 9.59 Å². The molecule has 1 aromatic carbocycles. The first-order valence-electron chi connectivity index (χ1n) is 6.68. The molecular formula is C15H20N2O4. The highest BCUT2D eigenvalue weighted by molar-refractivity contribution is 5.97. The number of carbonyl (C=O) groups is 2. The molecule has 1 N–H and O–H groups in total. The summed E-state index contributed by atoms with van der Waals surface area (Å²) in [7, 11) is 3.13. The van der Waals surface area contributed by atoms with Crippen molar-refractivity contribution in [2.24, 2.45) is 0 Å². The van der Waals surface area contributed by atoms with Crippen molar-refractivity contribution in [1.29, 1.82) is 0 Å². The molecule has 1 saturated heterocycles. The van der Waals surface area contributed by atoms with Gasteiger partial charge in [0, 0.05) is 6.54 Å². The second-order valence-corrected chi connectivity index (χ2v) is 5.52. The largest absolute Gasteiger partial charge is 0.493 e. The number of benzene rings is 1. The Labute approximate surface area is 124 Å². The van der Waals surface area contributed by atoms with Crippen molar-refractivity contribution in [3.63, 3.8) is 0 Å². The second kappa shape index (κ2) is 5.63. The molecule has 1 fully saturated rings. The number of carbonyl (C=O) groups excluding carboxylic acids is 2. The van der Waals surface area contributed by atoms with Gasteiger partial charge in [-0.1, -0.05) is 6.07 Å². The van der Waals surface area contributed by atoms with E-state index in [4.69, 9.17) is 9.47 Å². The van der Waals surface area contributed by atoms with E-state index in [0.717, 1.165) is 5.56 Å². The fraction of sp³-hybridized carbons (Fsp3) is 0.467. The van der Waals surface area contributed by atoms with Gasteiger partial charge in [-0.2, -0.15) is 0 Å². The minimum atomic E-state index is -0.869. The third kappa shape index (κ3) is 3.09. The van der Waals surface area contributed by atoms with E-state index in [2.05, 4.69) is 5.32 Å². The lowest BCUT2D eigenvalue weighted by molar-refractivity contribution is -0.148. The minimum absolute atomic E-state index is 0.0661. The van der Waals surface area contributed by atoms with Gasteiger partial charge in [0.25, 0.3) is 0 Å². The molecule has 0 bridgehead atoms. The van der Waals surface area contributed by atoms with Crippen LogP contribution in [0.25, 0.3) is 0 Å². The van der Waals surface area contributed by atoms with Crippen molar-refractivity contribution in [1.82, 2.24) is 10.2 Å². The van der Waals surface area contributed by atoms with Gasteiger partial charge >= 0.3 is 0 Å². The van der Waals surface area contributed by atoms with E-state index in [0.29, 0.717) is 18.0 Å². The van der Waals surface area contributed by atoms with Crippen molar-refractivity contribution in [2.45, 2.75) is 25.9 Å². The van der Waals surface area contributed by atoms with Crippen molar-refractivity contribution < 1.29 is 19.1 Å². The fourth-order valence-corrected chi connectivity index (χ4v) is 2.41. The van der Waals surface area contributed by atoms with Gasteiger partial charge in [-0.15, -0.1) is 0 Å². The molecule has 6 heteroatoms. The van der Waals surface area contributed by atoms with Crippen LogP contribution < -0.4 is 14.8 Å². The molecule has 2 rings (SSSR count). The molecule has 0 atom stereocenters. The Morgan fingerprint density at radius 3 is 2.48 bits per heavy atom. The molecule has 6 nitrogen and oxygen atoms in total. The van der Waals surface area contributed by atoms with E-state index in [-0.39, 0.29) is 18.4 Å². The topological polar surface area (TPSA) is 67.9 Å². The van der Waals surface area contributed by atoms with Crippen LogP contribution in [0.1, 0.15) is 19.4 Å². The van der Waals surface area contributed by atoms with E-state index in [1.54, 1.807) is 39.0 Å². The first kappa shape index (κ1) is 15.2. The third-order valence-electron chi connectivity index (χ3n) is 3.43. The summed E-state index contributed by atoms with van der Waals surface area (Å²) in [4.78, 5) is 25.6. The Kier molecular flexibility index (Phi) is 4.06. The summed E-state index contributed by atoms with van der Waals surface area (Å²) in [6.07, 6.45) is 0. The zero-order chi connectivity index (χ0) is 15.6. The Morgan fingerprint density at radius 1 is 1.19 bits per heavy atom. The van der Waals surface area contributed by atoms with Crippen molar-refractivity contribution in [2.75, 3.05) is 20.8 Å². The van der Waals surface area contributed by atoms with Crippen LogP contribution in [0.5, 0.6) is 11.5 Å². The minimum Gasteiger partial charge on any atom is -0.493 e. The van der Waals surface area contributed by atoms with Gasteiger partial charge in [-0.05, 0) is 31.5 Å². The quantitative estimate of drug-likeness (QED) is 0.897. The van der Waals surface area contributed by atoms with Crippen LogP contribution in [0.15, 0.2) is 18.2 Å². The first-order valence-corrected chi connectivity index (χ1v) is 6.68. The number of hydrogen-bond acceptors (Lipinski definition) is 4. The van der Waals surface area contributed by atoms with Gasteiger partial charge in [0.1, 0.15) is 5.54 Å². The smallest absolute Gasteiger partial charge is 0.248 e. The zero-order valence-corrected chi connectivity index (χ0v) is 12.7. The van der Waals surface area contributed by atoms with Crippen LogP contribution in [0.2, 0.25) is 0 Å². The molecule has 0 saturated carbocycles. The molecule has 0 radical (unpaired) electrons. The molecule has 0 spiro atoms. The molecule has 1 heterocycles. The molecule has 1 aliphatic rings. The maximum absolute atomic E-state index is 12.3. The van der Waals surface area contributed by atoms with Crippen LogP contribution >= 0.6 is 0 Å². The highest BCUT2D eigenvalue weighted by Gasteiger charge is 2.38. The molecule has 0 unspecified atom stereocenters. The van der Waals surface area contributed by atoms with Gasteiger partial charge in [0.05, 0.1) is 20.8 Å². The Bertz CT molecular complexity index is 569. The predicted octanol–water partition coefficient (Wildman–Crippen LogP) is 0.941. The summed E-state index contributed by atoms with van der Waals surface area (Å²) in [6, 6.07) is 5.45. The average molecular weight is 292 g/mol.